The van der Waals surface area contributed by atoms with Gasteiger partial charge in [0.15, 0.2) is 0 Å². The molecule has 1 saturated heterocycles. The number of nitrogens with one attached hydrogen (secondary N) is 1. The first-order valence-electron chi connectivity index (χ1n) is 5.27. The van der Waals surface area contributed by atoms with Crippen molar-refractivity contribution in [1.82, 2.24) is 5.32 Å². The zero-order valence-corrected chi connectivity index (χ0v) is 9.19. The minimum absolute atomic E-state index is 0.366. The fourth-order valence-corrected chi connectivity index (χ4v) is 1.67. The van der Waals surface area contributed by atoms with Crippen molar-refractivity contribution < 1.29 is 9.47 Å². The molecule has 0 aromatic heterocycles. The molecule has 0 radical (unpaired) electrons. The molecule has 2 rings (SSSR count). The van der Waals surface area contributed by atoms with Gasteiger partial charge in [-0.25, -0.2) is 0 Å². The van der Waals surface area contributed by atoms with Gasteiger partial charge in [-0.1, -0.05) is 12.1 Å². The van der Waals surface area contributed by atoms with Crippen molar-refractivity contribution in [2.24, 2.45) is 0 Å². The van der Waals surface area contributed by atoms with Crippen LogP contribution in [-0.4, -0.2) is 26.4 Å². The van der Waals surface area contributed by atoms with E-state index in [0.29, 0.717) is 12.1 Å². The molecule has 1 heterocycles. The van der Waals surface area contributed by atoms with E-state index in [9.17, 15) is 0 Å². The van der Waals surface area contributed by atoms with Gasteiger partial charge in [-0.05, 0) is 24.6 Å². The molecule has 3 nitrogen and oxygen atoms in total. The lowest BCUT2D eigenvalue weighted by Crippen LogP contribution is -2.46. The van der Waals surface area contributed by atoms with Gasteiger partial charge in [0.25, 0.3) is 0 Å². The summed E-state index contributed by atoms with van der Waals surface area (Å²) in [7, 11) is 1.68. The largest absolute Gasteiger partial charge is 0.497 e. The fraction of sp³-hybridized carbons (Fsp3) is 0.500. The highest BCUT2D eigenvalue weighted by Gasteiger charge is 2.20. The number of ether oxygens (including phenoxy) is 2. The highest BCUT2D eigenvalue weighted by Crippen LogP contribution is 2.18. The highest BCUT2D eigenvalue weighted by molar-refractivity contribution is 5.28. The van der Waals surface area contributed by atoms with Crippen LogP contribution in [0.1, 0.15) is 18.5 Å². The van der Waals surface area contributed by atoms with Crippen LogP contribution in [0, 0.1) is 0 Å². The quantitative estimate of drug-likeness (QED) is 0.815. The molecule has 1 aromatic carbocycles. The summed E-state index contributed by atoms with van der Waals surface area (Å²) in [5, 5.41) is 3.50. The Hall–Kier alpha value is -1.06. The standard InChI is InChI=1S/C12H17NO2/c1-9(13-11-7-15-8-11)10-3-5-12(14-2)6-4-10/h3-6,9,11,13H,7-8H2,1-2H3/t9-/m1/s1. The highest BCUT2D eigenvalue weighted by atomic mass is 16.5. The summed E-state index contributed by atoms with van der Waals surface area (Å²) in [5.74, 6) is 0.901. The Kier molecular flexibility index (Phi) is 3.23. The number of rotatable bonds is 4. The van der Waals surface area contributed by atoms with Gasteiger partial charge in [-0.15, -0.1) is 0 Å². The molecule has 82 valence electrons. The van der Waals surface area contributed by atoms with Gasteiger partial charge in [0.2, 0.25) is 0 Å². The average molecular weight is 207 g/mol. The molecule has 0 aliphatic carbocycles. The zero-order chi connectivity index (χ0) is 10.7. The van der Waals surface area contributed by atoms with Gasteiger partial charge >= 0.3 is 0 Å². The molecular formula is C12H17NO2. The summed E-state index contributed by atoms with van der Waals surface area (Å²) >= 11 is 0. The van der Waals surface area contributed by atoms with Crippen LogP contribution < -0.4 is 10.1 Å². The van der Waals surface area contributed by atoms with Crippen LogP contribution >= 0.6 is 0 Å². The lowest BCUT2D eigenvalue weighted by atomic mass is 10.1. The van der Waals surface area contributed by atoms with E-state index < -0.39 is 0 Å². The van der Waals surface area contributed by atoms with Gasteiger partial charge in [0.05, 0.1) is 26.4 Å². The molecule has 1 N–H and O–H groups in total. The van der Waals surface area contributed by atoms with Crippen LogP contribution in [0.4, 0.5) is 0 Å². The Morgan fingerprint density at radius 1 is 1.33 bits per heavy atom. The second-order valence-electron chi connectivity index (χ2n) is 3.90. The molecule has 0 spiro atoms. The molecule has 0 saturated carbocycles. The van der Waals surface area contributed by atoms with Crippen molar-refractivity contribution >= 4 is 0 Å². The van der Waals surface area contributed by atoms with Crippen LogP contribution in [0.5, 0.6) is 5.75 Å². The van der Waals surface area contributed by atoms with Gasteiger partial charge in [0, 0.05) is 6.04 Å². The molecule has 0 unspecified atom stereocenters. The maximum atomic E-state index is 5.13. The van der Waals surface area contributed by atoms with Crippen molar-refractivity contribution in [3.63, 3.8) is 0 Å². The number of hydrogen-bond donors (Lipinski definition) is 1. The van der Waals surface area contributed by atoms with Crippen molar-refractivity contribution in [2.45, 2.75) is 19.0 Å². The first kappa shape index (κ1) is 10.5. The third kappa shape index (κ3) is 2.49. The number of methoxy groups -OCH3 is 1. The van der Waals surface area contributed by atoms with Crippen molar-refractivity contribution in [3.8, 4) is 5.75 Å². The molecule has 1 aliphatic rings. The van der Waals surface area contributed by atoms with Crippen molar-refractivity contribution in [3.05, 3.63) is 29.8 Å². The molecule has 3 heteroatoms. The predicted octanol–water partition coefficient (Wildman–Crippen LogP) is 1.74. The van der Waals surface area contributed by atoms with Gasteiger partial charge < -0.3 is 14.8 Å². The van der Waals surface area contributed by atoms with Gasteiger partial charge in [-0.3, -0.25) is 0 Å². The lowest BCUT2D eigenvalue weighted by molar-refractivity contribution is -0.00925. The summed E-state index contributed by atoms with van der Waals surface area (Å²) in [6.07, 6.45) is 0. The summed E-state index contributed by atoms with van der Waals surface area (Å²) in [6, 6.07) is 9.05. The van der Waals surface area contributed by atoms with Crippen LogP contribution in [0.15, 0.2) is 24.3 Å². The normalized spacial score (nSPS) is 18.3. The monoisotopic (exact) mass is 207 g/mol. The van der Waals surface area contributed by atoms with Gasteiger partial charge in [0.1, 0.15) is 5.75 Å². The lowest BCUT2D eigenvalue weighted by Gasteiger charge is -2.30. The van der Waals surface area contributed by atoms with E-state index in [1.807, 2.05) is 12.1 Å². The molecule has 1 aliphatic heterocycles. The SMILES string of the molecule is COc1ccc([C@@H](C)NC2COC2)cc1. The maximum absolute atomic E-state index is 5.13. The maximum Gasteiger partial charge on any atom is 0.118 e. The number of hydrogen-bond acceptors (Lipinski definition) is 3. The van der Waals surface area contributed by atoms with Crippen molar-refractivity contribution in [2.75, 3.05) is 20.3 Å². The third-order valence-electron chi connectivity index (χ3n) is 2.74. The summed E-state index contributed by atoms with van der Waals surface area (Å²) < 4.78 is 10.2. The molecular weight excluding hydrogens is 190 g/mol. The summed E-state index contributed by atoms with van der Waals surface area (Å²) in [6.45, 7) is 3.83. The number of benzene rings is 1. The Labute approximate surface area is 90.4 Å². The van der Waals surface area contributed by atoms with Crippen LogP contribution in [0.2, 0.25) is 0 Å². The van der Waals surface area contributed by atoms with E-state index in [2.05, 4.69) is 24.4 Å². The fourth-order valence-electron chi connectivity index (χ4n) is 1.67. The summed E-state index contributed by atoms with van der Waals surface area (Å²) in [4.78, 5) is 0. The first-order valence-corrected chi connectivity index (χ1v) is 5.27. The van der Waals surface area contributed by atoms with Crippen LogP contribution in [0.3, 0.4) is 0 Å². The van der Waals surface area contributed by atoms with Crippen LogP contribution in [0.25, 0.3) is 0 Å². The van der Waals surface area contributed by atoms with E-state index in [1.54, 1.807) is 7.11 Å². The first-order chi connectivity index (χ1) is 7.29. The molecule has 1 aromatic rings. The minimum atomic E-state index is 0.366. The van der Waals surface area contributed by atoms with E-state index in [4.69, 9.17) is 9.47 Å². The third-order valence-corrected chi connectivity index (χ3v) is 2.74. The second kappa shape index (κ2) is 4.64. The Morgan fingerprint density at radius 2 is 2.00 bits per heavy atom. The smallest absolute Gasteiger partial charge is 0.118 e. The summed E-state index contributed by atoms with van der Waals surface area (Å²) in [5.41, 5.74) is 1.28. The van der Waals surface area contributed by atoms with Gasteiger partial charge in [-0.2, -0.15) is 0 Å². The molecule has 0 amide bonds. The molecule has 15 heavy (non-hydrogen) atoms. The average Bonchev–Trinajstić information content (AvgIpc) is 2.23. The molecule has 0 bridgehead atoms. The predicted molar refractivity (Wildman–Crippen MR) is 59.2 cm³/mol. The van der Waals surface area contributed by atoms with E-state index in [1.165, 1.54) is 5.56 Å². The Morgan fingerprint density at radius 3 is 2.47 bits per heavy atom. The zero-order valence-electron chi connectivity index (χ0n) is 9.19. The molecule has 1 atom stereocenters. The van der Waals surface area contributed by atoms with E-state index in [0.717, 1.165) is 19.0 Å². The Balaban J connectivity index is 1.94. The van der Waals surface area contributed by atoms with E-state index in [-0.39, 0.29) is 0 Å². The minimum Gasteiger partial charge on any atom is -0.497 e. The molecule has 1 fully saturated rings. The Bertz CT molecular complexity index is 306. The second-order valence-corrected chi connectivity index (χ2v) is 3.90. The van der Waals surface area contributed by atoms with Crippen molar-refractivity contribution in [1.29, 1.82) is 0 Å². The van der Waals surface area contributed by atoms with Crippen LogP contribution in [-0.2, 0) is 4.74 Å². The topological polar surface area (TPSA) is 30.5 Å². The van der Waals surface area contributed by atoms with E-state index >= 15 is 0 Å².